The van der Waals surface area contributed by atoms with Crippen molar-refractivity contribution in [3.8, 4) is 0 Å². The summed E-state index contributed by atoms with van der Waals surface area (Å²) in [5, 5.41) is 9.52. The Labute approximate surface area is 86.0 Å². The maximum Gasteiger partial charge on any atom is 0.0706 e. The predicted octanol–water partition coefficient (Wildman–Crippen LogP) is 1.01. The molecule has 0 aliphatic carbocycles. The molecule has 0 amide bonds. The number of rotatable bonds is 2. The van der Waals surface area contributed by atoms with Crippen molar-refractivity contribution in [1.82, 2.24) is 4.90 Å². The van der Waals surface area contributed by atoms with Gasteiger partial charge in [-0.15, -0.1) is 0 Å². The van der Waals surface area contributed by atoms with E-state index in [9.17, 15) is 5.11 Å². The Balaban J connectivity index is 1.74. The van der Waals surface area contributed by atoms with Gasteiger partial charge in [-0.05, 0) is 39.2 Å². The zero-order chi connectivity index (χ0) is 9.97. The van der Waals surface area contributed by atoms with Gasteiger partial charge in [0.05, 0.1) is 18.3 Å². The Kier molecular flexibility index (Phi) is 3.42. The fourth-order valence-corrected chi connectivity index (χ4v) is 2.50. The van der Waals surface area contributed by atoms with Crippen LogP contribution in [0.15, 0.2) is 0 Å². The third-order valence-electron chi connectivity index (χ3n) is 3.26. The van der Waals surface area contributed by atoms with Crippen molar-refractivity contribution in [3.63, 3.8) is 0 Å². The van der Waals surface area contributed by atoms with Gasteiger partial charge >= 0.3 is 0 Å². The van der Waals surface area contributed by atoms with Crippen LogP contribution in [0.3, 0.4) is 0 Å². The standard InChI is InChI=1S/C11H21NO2/c1-9-4-5-11(14-9)8-12-6-2-3-10(13)7-12/h9-11,13H,2-8H2,1H3/t9?,10-,11?/m0/s1. The number of hydrogen-bond acceptors (Lipinski definition) is 3. The molecular formula is C11H21NO2. The SMILES string of the molecule is CC1CCC(CN2CCC[C@H](O)C2)O1. The lowest BCUT2D eigenvalue weighted by atomic mass is 10.1. The molecule has 0 bridgehead atoms. The highest BCUT2D eigenvalue weighted by molar-refractivity contribution is 4.78. The minimum absolute atomic E-state index is 0.109. The van der Waals surface area contributed by atoms with Crippen molar-refractivity contribution >= 4 is 0 Å². The van der Waals surface area contributed by atoms with E-state index < -0.39 is 0 Å². The summed E-state index contributed by atoms with van der Waals surface area (Å²) in [4.78, 5) is 2.34. The Morgan fingerprint density at radius 2 is 2.21 bits per heavy atom. The smallest absolute Gasteiger partial charge is 0.0706 e. The molecule has 2 unspecified atom stereocenters. The van der Waals surface area contributed by atoms with E-state index in [2.05, 4.69) is 11.8 Å². The van der Waals surface area contributed by atoms with Gasteiger partial charge in [-0.3, -0.25) is 4.90 Å². The summed E-state index contributed by atoms with van der Waals surface area (Å²) >= 11 is 0. The largest absolute Gasteiger partial charge is 0.392 e. The van der Waals surface area contributed by atoms with Gasteiger partial charge in [-0.1, -0.05) is 0 Å². The second-order valence-electron chi connectivity index (χ2n) is 4.70. The number of likely N-dealkylation sites (tertiary alicyclic amines) is 1. The number of hydrogen-bond donors (Lipinski definition) is 1. The molecule has 14 heavy (non-hydrogen) atoms. The molecule has 82 valence electrons. The van der Waals surface area contributed by atoms with Crippen LogP contribution >= 0.6 is 0 Å². The Morgan fingerprint density at radius 3 is 2.86 bits per heavy atom. The van der Waals surface area contributed by atoms with E-state index in [1.54, 1.807) is 0 Å². The quantitative estimate of drug-likeness (QED) is 0.720. The zero-order valence-corrected chi connectivity index (χ0v) is 8.98. The van der Waals surface area contributed by atoms with Gasteiger partial charge in [0.1, 0.15) is 0 Å². The topological polar surface area (TPSA) is 32.7 Å². The fourth-order valence-electron chi connectivity index (χ4n) is 2.50. The monoisotopic (exact) mass is 199 g/mol. The first-order valence-electron chi connectivity index (χ1n) is 5.80. The van der Waals surface area contributed by atoms with Gasteiger partial charge in [-0.25, -0.2) is 0 Å². The van der Waals surface area contributed by atoms with Gasteiger partial charge in [0, 0.05) is 13.1 Å². The summed E-state index contributed by atoms with van der Waals surface area (Å²) in [5.41, 5.74) is 0. The van der Waals surface area contributed by atoms with Crippen LogP contribution in [-0.4, -0.2) is 48.0 Å². The molecule has 0 aromatic heterocycles. The van der Waals surface area contributed by atoms with Gasteiger partial charge in [0.25, 0.3) is 0 Å². The van der Waals surface area contributed by atoms with Crippen LogP contribution in [0.25, 0.3) is 0 Å². The lowest BCUT2D eigenvalue weighted by Crippen LogP contribution is -2.42. The average molecular weight is 199 g/mol. The van der Waals surface area contributed by atoms with E-state index in [1.807, 2.05) is 0 Å². The van der Waals surface area contributed by atoms with Crippen molar-refractivity contribution < 1.29 is 9.84 Å². The van der Waals surface area contributed by atoms with Crippen LogP contribution in [0.1, 0.15) is 32.6 Å². The zero-order valence-electron chi connectivity index (χ0n) is 8.98. The number of ether oxygens (including phenoxy) is 1. The lowest BCUT2D eigenvalue weighted by molar-refractivity contribution is 0.00655. The summed E-state index contributed by atoms with van der Waals surface area (Å²) in [5.74, 6) is 0. The van der Waals surface area contributed by atoms with E-state index in [-0.39, 0.29) is 6.10 Å². The van der Waals surface area contributed by atoms with E-state index in [0.717, 1.165) is 32.5 Å². The maximum atomic E-state index is 9.52. The van der Waals surface area contributed by atoms with E-state index in [1.165, 1.54) is 12.8 Å². The molecule has 2 saturated heterocycles. The lowest BCUT2D eigenvalue weighted by Gasteiger charge is -2.31. The van der Waals surface area contributed by atoms with Crippen molar-refractivity contribution in [2.24, 2.45) is 0 Å². The number of aliphatic hydroxyl groups excluding tert-OH is 1. The normalized spacial score (nSPS) is 40.3. The van der Waals surface area contributed by atoms with E-state index in [4.69, 9.17) is 4.74 Å². The predicted molar refractivity (Wildman–Crippen MR) is 55.2 cm³/mol. The highest BCUT2D eigenvalue weighted by Gasteiger charge is 2.26. The molecule has 0 radical (unpaired) electrons. The van der Waals surface area contributed by atoms with Crippen LogP contribution < -0.4 is 0 Å². The minimum Gasteiger partial charge on any atom is -0.392 e. The Bertz CT molecular complexity index is 186. The van der Waals surface area contributed by atoms with Gasteiger partial charge < -0.3 is 9.84 Å². The van der Waals surface area contributed by atoms with Gasteiger partial charge in [-0.2, -0.15) is 0 Å². The minimum atomic E-state index is -0.109. The van der Waals surface area contributed by atoms with E-state index >= 15 is 0 Å². The molecule has 2 aliphatic rings. The first-order valence-corrected chi connectivity index (χ1v) is 5.80. The van der Waals surface area contributed by atoms with Crippen molar-refractivity contribution in [1.29, 1.82) is 0 Å². The molecule has 0 aromatic rings. The van der Waals surface area contributed by atoms with Crippen molar-refractivity contribution in [3.05, 3.63) is 0 Å². The summed E-state index contributed by atoms with van der Waals surface area (Å²) in [6, 6.07) is 0. The van der Waals surface area contributed by atoms with Crippen molar-refractivity contribution in [2.45, 2.75) is 50.9 Å². The Hall–Kier alpha value is -0.120. The number of β-amino-alcohol motifs (C(OH)–C–C–N with tert-alkyl or cyclic N) is 1. The van der Waals surface area contributed by atoms with Crippen LogP contribution in [0.4, 0.5) is 0 Å². The second-order valence-corrected chi connectivity index (χ2v) is 4.70. The first kappa shape index (κ1) is 10.4. The Morgan fingerprint density at radius 1 is 1.36 bits per heavy atom. The number of nitrogens with zero attached hydrogens (tertiary/aromatic N) is 1. The average Bonchev–Trinajstić information content (AvgIpc) is 2.51. The summed E-state index contributed by atoms with van der Waals surface area (Å²) < 4.78 is 5.78. The highest BCUT2D eigenvalue weighted by atomic mass is 16.5. The van der Waals surface area contributed by atoms with Crippen LogP contribution in [0.2, 0.25) is 0 Å². The van der Waals surface area contributed by atoms with Gasteiger partial charge in [0.2, 0.25) is 0 Å². The second kappa shape index (κ2) is 4.60. The van der Waals surface area contributed by atoms with Crippen LogP contribution in [0, 0.1) is 0 Å². The number of aliphatic hydroxyl groups is 1. The molecule has 0 saturated carbocycles. The van der Waals surface area contributed by atoms with E-state index in [0.29, 0.717) is 12.2 Å². The van der Waals surface area contributed by atoms with Crippen molar-refractivity contribution in [2.75, 3.05) is 19.6 Å². The summed E-state index contributed by atoms with van der Waals surface area (Å²) in [6.45, 7) is 5.13. The molecule has 0 aromatic carbocycles. The molecule has 3 atom stereocenters. The number of piperidine rings is 1. The third-order valence-corrected chi connectivity index (χ3v) is 3.26. The molecule has 3 heteroatoms. The molecule has 2 heterocycles. The molecular weight excluding hydrogens is 178 g/mol. The molecule has 2 rings (SSSR count). The molecule has 0 spiro atoms. The summed E-state index contributed by atoms with van der Waals surface area (Å²) in [7, 11) is 0. The van der Waals surface area contributed by atoms with Crippen LogP contribution in [0.5, 0.6) is 0 Å². The fraction of sp³-hybridized carbons (Fsp3) is 1.00. The third kappa shape index (κ3) is 2.69. The maximum absolute atomic E-state index is 9.52. The summed E-state index contributed by atoms with van der Waals surface area (Å²) in [6.07, 6.45) is 5.23. The molecule has 3 nitrogen and oxygen atoms in total. The van der Waals surface area contributed by atoms with Gasteiger partial charge in [0.15, 0.2) is 0 Å². The molecule has 2 aliphatic heterocycles. The molecule has 2 fully saturated rings. The highest BCUT2D eigenvalue weighted by Crippen LogP contribution is 2.21. The van der Waals surface area contributed by atoms with Crippen LogP contribution in [-0.2, 0) is 4.74 Å². The first-order chi connectivity index (χ1) is 6.74. The molecule has 1 N–H and O–H groups in total.